The quantitative estimate of drug-likeness (QED) is 0.726. The molecule has 1 amide bonds. The Hall–Kier alpha value is -2.06. The first-order valence-corrected chi connectivity index (χ1v) is 9.22. The number of aromatic nitrogens is 1. The Bertz CT molecular complexity index is 715. The Kier molecular flexibility index (Phi) is 10.0. The van der Waals surface area contributed by atoms with Gasteiger partial charge in [0, 0.05) is 25.3 Å². The number of nitriles is 2. The number of pyridine rings is 1. The highest BCUT2D eigenvalue weighted by molar-refractivity contribution is 5.85. The third-order valence-electron chi connectivity index (χ3n) is 5.27. The molecule has 3 rings (SSSR count). The summed E-state index contributed by atoms with van der Waals surface area (Å²) in [6, 6.07) is 7.96. The van der Waals surface area contributed by atoms with Crippen LogP contribution in [0.1, 0.15) is 37.7 Å². The maximum absolute atomic E-state index is 12.3. The third-order valence-corrected chi connectivity index (χ3v) is 5.27. The highest BCUT2D eigenvalue weighted by Gasteiger charge is 2.30. The predicted octanol–water partition coefficient (Wildman–Crippen LogP) is 2.48. The van der Waals surface area contributed by atoms with Gasteiger partial charge in [0.1, 0.15) is 17.9 Å². The van der Waals surface area contributed by atoms with Gasteiger partial charge in [-0.1, -0.05) is 0 Å². The fourth-order valence-electron chi connectivity index (χ4n) is 3.79. The van der Waals surface area contributed by atoms with Crippen LogP contribution in [0.5, 0.6) is 0 Å². The van der Waals surface area contributed by atoms with E-state index in [1.807, 2.05) is 6.07 Å². The number of halogens is 2. The van der Waals surface area contributed by atoms with Crippen LogP contribution in [0, 0.1) is 28.6 Å². The number of amides is 1. The first-order valence-electron chi connectivity index (χ1n) is 9.22. The van der Waals surface area contributed by atoms with Gasteiger partial charge in [-0.15, -0.1) is 24.8 Å². The summed E-state index contributed by atoms with van der Waals surface area (Å²) in [6.45, 7) is 1.86. The summed E-state index contributed by atoms with van der Waals surface area (Å²) in [6.07, 6.45) is 6.48. The van der Waals surface area contributed by atoms with Crippen molar-refractivity contribution in [2.45, 2.75) is 44.2 Å². The number of likely N-dealkylation sites (tertiary alicyclic amines) is 1. The number of nitrogens with one attached hydrogen (secondary N) is 2. The fraction of sp³-hybridized carbons (Fsp3) is 0.579. The molecule has 7 nitrogen and oxygen atoms in total. The molecule has 1 aromatic rings. The standard InChI is InChI=1S/C19H24N6O.2ClH/c20-9-15-4-6-18(24-12-15)23-11-14-3-5-16(8-14)22-13-19(26)25-7-1-2-17(25)10-21;;/h4,6,12,14,16-17,22H,1-3,5,7-8,11,13H2,(H,23,24);2*1H/t14?,16-,17-;;/m0../s1. The van der Waals surface area contributed by atoms with Crippen molar-refractivity contribution < 1.29 is 4.79 Å². The van der Waals surface area contributed by atoms with E-state index < -0.39 is 0 Å². The van der Waals surface area contributed by atoms with E-state index in [0.29, 0.717) is 30.6 Å². The largest absolute Gasteiger partial charge is 0.370 e. The monoisotopic (exact) mass is 424 g/mol. The normalized spacial score (nSPS) is 23.1. The van der Waals surface area contributed by atoms with Crippen molar-refractivity contribution >= 4 is 36.5 Å². The van der Waals surface area contributed by atoms with Crippen LogP contribution in [0.2, 0.25) is 0 Å². The zero-order valence-electron chi connectivity index (χ0n) is 15.6. The van der Waals surface area contributed by atoms with Crippen molar-refractivity contribution in [3.05, 3.63) is 23.9 Å². The lowest BCUT2D eigenvalue weighted by Gasteiger charge is -2.21. The van der Waals surface area contributed by atoms with Crippen molar-refractivity contribution in [3.63, 3.8) is 0 Å². The van der Waals surface area contributed by atoms with Gasteiger partial charge in [-0.25, -0.2) is 4.98 Å². The van der Waals surface area contributed by atoms with Gasteiger partial charge in [-0.3, -0.25) is 4.79 Å². The molecule has 2 fully saturated rings. The zero-order chi connectivity index (χ0) is 18.4. The van der Waals surface area contributed by atoms with Crippen LogP contribution in [0.4, 0.5) is 5.82 Å². The zero-order valence-corrected chi connectivity index (χ0v) is 17.3. The van der Waals surface area contributed by atoms with E-state index in [2.05, 4.69) is 27.8 Å². The van der Waals surface area contributed by atoms with Crippen LogP contribution in [0.15, 0.2) is 18.3 Å². The molecule has 1 aliphatic heterocycles. The SMILES string of the molecule is Cl.Cl.N#Cc1ccc(NCC2CC[C@H](NCC(=O)N3CCC[C@H]3C#N)C2)nc1. The van der Waals surface area contributed by atoms with E-state index in [1.54, 1.807) is 17.2 Å². The number of rotatable bonds is 6. The lowest BCUT2D eigenvalue weighted by atomic mass is 10.1. The molecule has 1 unspecified atom stereocenters. The van der Waals surface area contributed by atoms with Crippen molar-refractivity contribution in [2.24, 2.45) is 5.92 Å². The van der Waals surface area contributed by atoms with Gasteiger partial charge in [-0.05, 0) is 50.2 Å². The molecule has 2 aliphatic rings. The smallest absolute Gasteiger partial charge is 0.237 e. The Labute approximate surface area is 178 Å². The minimum atomic E-state index is -0.246. The van der Waals surface area contributed by atoms with Gasteiger partial charge in [-0.2, -0.15) is 10.5 Å². The van der Waals surface area contributed by atoms with Crippen molar-refractivity contribution in [1.82, 2.24) is 15.2 Å². The van der Waals surface area contributed by atoms with E-state index >= 15 is 0 Å². The molecule has 0 spiro atoms. The highest BCUT2D eigenvalue weighted by atomic mass is 35.5. The lowest BCUT2D eigenvalue weighted by Crippen LogP contribution is -2.43. The molecule has 1 saturated heterocycles. The average Bonchev–Trinajstić information content (AvgIpc) is 3.34. The summed E-state index contributed by atoms with van der Waals surface area (Å²) in [5, 5.41) is 24.6. The second kappa shape index (κ2) is 11.7. The molecule has 28 heavy (non-hydrogen) atoms. The van der Waals surface area contributed by atoms with Gasteiger partial charge >= 0.3 is 0 Å². The van der Waals surface area contributed by atoms with Gasteiger partial charge < -0.3 is 15.5 Å². The maximum atomic E-state index is 12.3. The van der Waals surface area contributed by atoms with Crippen molar-refractivity contribution in [1.29, 1.82) is 10.5 Å². The van der Waals surface area contributed by atoms with E-state index in [-0.39, 0.29) is 36.8 Å². The van der Waals surface area contributed by atoms with Gasteiger partial charge in [0.15, 0.2) is 0 Å². The molecule has 2 N–H and O–H groups in total. The number of carbonyl (C=O) groups is 1. The second-order valence-corrected chi connectivity index (χ2v) is 7.06. The number of carbonyl (C=O) groups excluding carboxylic acids is 1. The van der Waals surface area contributed by atoms with Gasteiger partial charge in [0.25, 0.3) is 0 Å². The summed E-state index contributed by atoms with van der Waals surface area (Å²) < 4.78 is 0. The third kappa shape index (κ3) is 6.24. The molecule has 2 heterocycles. The van der Waals surface area contributed by atoms with E-state index in [9.17, 15) is 4.79 Å². The summed E-state index contributed by atoms with van der Waals surface area (Å²) >= 11 is 0. The van der Waals surface area contributed by atoms with E-state index in [0.717, 1.165) is 44.5 Å². The van der Waals surface area contributed by atoms with Crippen LogP contribution in [0.25, 0.3) is 0 Å². The lowest BCUT2D eigenvalue weighted by molar-refractivity contribution is -0.130. The summed E-state index contributed by atoms with van der Waals surface area (Å²) in [5.74, 6) is 1.36. The second-order valence-electron chi connectivity index (χ2n) is 7.06. The summed E-state index contributed by atoms with van der Waals surface area (Å²) in [7, 11) is 0. The predicted molar refractivity (Wildman–Crippen MR) is 111 cm³/mol. The highest BCUT2D eigenvalue weighted by Crippen LogP contribution is 2.26. The molecule has 1 aromatic heterocycles. The average molecular weight is 425 g/mol. The van der Waals surface area contributed by atoms with Crippen LogP contribution in [0.3, 0.4) is 0 Å². The maximum Gasteiger partial charge on any atom is 0.237 e. The van der Waals surface area contributed by atoms with Gasteiger partial charge in [0.05, 0.1) is 18.2 Å². The molecule has 1 aliphatic carbocycles. The topological polar surface area (TPSA) is 105 Å². The number of hydrogen-bond acceptors (Lipinski definition) is 6. The molecule has 3 atom stereocenters. The minimum absolute atomic E-state index is 0. The van der Waals surface area contributed by atoms with Gasteiger partial charge in [0.2, 0.25) is 5.91 Å². The molecule has 1 saturated carbocycles. The fourth-order valence-corrected chi connectivity index (χ4v) is 3.79. The van der Waals surface area contributed by atoms with Crippen LogP contribution < -0.4 is 10.6 Å². The Morgan fingerprint density at radius 2 is 2.07 bits per heavy atom. The molecular formula is C19H26Cl2N6O. The number of hydrogen-bond donors (Lipinski definition) is 2. The van der Waals surface area contributed by atoms with Crippen LogP contribution in [-0.4, -0.2) is 47.5 Å². The Morgan fingerprint density at radius 3 is 2.75 bits per heavy atom. The molecule has 152 valence electrons. The molecule has 9 heteroatoms. The number of nitrogens with zero attached hydrogens (tertiary/aromatic N) is 4. The molecule has 0 aromatic carbocycles. The Balaban J connectivity index is 0.00000196. The van der Waals surface area contributed by atoms with Crippen molar-refractivity contribution in [3.8, 4) is 12.1 Å². The van der Waals surface area contributed by atoms with Crippen molar-refractivity contribution in [2.75, 3.05) is 25.0 Å². The first kappa shape index (κ1) is 24.0. The van der Waals surface area contributed by atoms with Crippen LogP contribution in [-0.2, 0) is 4.79 Å². The van der Waals surface area contributed by atoms with E-state index in [4.69, 9.17) is 10.5 Å². The molecular weight excluding hydrogens is 399 g/mol. The number of anilines is 1. The molecule has 0 radical (unpaired) electrons. The summed E-state index contributed by atoms with van der Waals surface area (Å²) in [5.41, 5.74) is 0.557. The van der Waals surface area contributed by atoms with E-state index in [1.165, 1.54) is 0 Å². The Morgan fingerprint density at radius 1 is 1.25 bits per heavy atom. The minimum Gasteiger partial charge on any atom is -0.370 e. The first-order chi connectivity index (χ1) is 12.7. The molecule has 0 bridgehead atoms. The summed E-state index contributed by atoms with van der Waals surface area (Å²) in [4.78, 5) is 18.2. The van der Waals surface area contributed by atoms with Crippen LogP contribution >= 0.6 is 24.8 Å².